The fraction of sp³-hybridized carbons (Fsp3) is 0.316. The van der Waals surface area contributed by atoms with Crippen molar-refractivity contribution in [3.05, 3.63) is 56.0 Å². The summed E-state index contributed by atoms with van der Waals surface area (Å²) < 4.78 is 11.3. The molecule has 0 radical (unpaired) electrons. The molecule has 2 aromatic rings. The third kappa shape index (κ3) is 5.29. The van der Waals surface area contributed by atoms with Crippen molar-refractivity contribution in [3.8, 4) is 11.5 Å². The number of carbonyl (C=O) groups is 1. The Kier molecular flexibility index (Phi) is 7.62. The first kappa shape index (κ1) is 20.9. The molecule has 0 heterocycles. The molecule has 0 saturated carbocycles. The largest absolute Gasteiger partial charge is 0.507 e. The van der Waals surface area contributed by atoms with Gasteiger partial charge in [0.05, 0.1) is 11.1 Å². The van der Waals surface area contributed by atoms with Crippen molar-refractivity contribution >= 4 is 45.1 Å². The topological polar surface area (TPSA) is 55.8 Å². The zero-order valence-electron chi connectivity index (χ0n) is 14.4. The molecule has 4 nitrogen and oxygen atoms in total. The first-order valence-corrected chi connectivity index (χ1v) is 9.69. The number of phenolic OH excluding ortho intramolecular Hbond substituents is 1. The Morgan fingerprint density at radius 1 is 1.19 bits per heavy atom. The van der Waals surface area contributed by atoms with Crippen LogP contribution in [0.5, 0.6) is 11.5 Å². The molecule has 0 aliphatic heterocycles. The van der Waals surface area contributed by atoms with Gasteiger partial charge in [0.15, 0.2) is 6.10 Å². The number of aromatic hydroxyl groups is 1. The molecule has 0 aliphatic carbocycles. The van der Waals surface area contributed by atoms with Crippen molar-refractivity contribution < 1.29 is 19.4 Å². The summed E-state index contributed by atoms with van der Waals surface area (Å²) in [5, 5.41) is 10.5. The number of halogens is 3. The van der Waals surface area contributed by atoms with Gasteiger partial charge in [0.25, 0.3) is 0 Å². The number of rotatable bonds is 7. The van der Waals surface area contributed by atoms with Gasteiger partial charge in [-0.3, -0.25) is 0 Å². The summed E-state index contributed by atoms with van der Waals surface area (Å²) in [4.78, 5) is 11.9. The first-order valence-electron chi connectivity index (χ1n) is 8.14. The normalized spacial score (nSPS) is 11.9. The highest BCUT2D eigenvalue weighted by molar-refractivity contribution is 9.10. The Labute approximate surface area is 171 Å². The van der Waals surface area contributed by atoms with E-state index >= 15 is 0 Å². The Morgan fingerprint density at radius 2 is 1.85 bits per heavy atom. The van der Waals surface area contributed by atoms with Crippen LogP contribution in [0, 0.1) is 0 Å². The third-order valence-corrected chi connectivity index (χ3v) is 5.02. The molecule has 0 spiro atoms. The van der Waals surface area contributed by atoms with Gasteiger partial charge in [-0.05, 0) is 64.7 Å². The van der Waals surface area contributed by atoms with Crippen LogP contribution in [-0.2, 0) is 16.0 Å². The van der Waals surface area contributed by atoms with E-state index < -0.39 is 12.1 Å². The SMILES string of the molecule is CCOC(=O)C(CC)Oc1cc(Cl)c(Cc2ccc(O)c(Br)c2)c(Cl)c1. The molecular weight excluding hydrogens is 443 g/mol. The van der Waals surface area contributed by atoms with Gasteiger partial charge in [0.1, 0.15) is 11.5 Å². The van der Waals surface area contributed by atoms with Crippen molar-refractivity contribution in [2.24, 2.45) is 0 Å². The molecule has 140 valence electrons. The molecule has 0 fully saturated rings. The van der Waals surface area contributed by atoms with Crippen LogP contribution in [0.1, 0.15) is 31.4 Å². The fourth-order valence-electron chi connectivity index (χ4n) is 2.38. The standard InChI is InChI=1S/C19H19BrCl2O4/c1-3-18(19(24)25-4-2)26-12-9-15(21)13(16(22)10-12)7-11-5-6-17(23)14(20)8-11/h5-6,8-10,18,23H,3-4,7H2,1-2H3. The van der Waals surface area contributed by atoms with Crippen LogP contribution in [-0.4, -0.2) is 23.8 Å². The van der Waals surface area contributed by atoms with E-state index in [4.69, 9.17) is 32.7 Å². The maximum atomic E-state index is 11.9. The molecule has 1 N–H and O–H groups in total. The van der Waals surface area contributed by atoms with E-state index in [0.717, 1.165) is 11.1 Å². The number of hydrogen-bond acceptors (Lipinski definition) is 4. The number of phenols is 1. The average Bonchev–Trinajstić information content (AvgIpc) is 2.59. The zero-order chi connectivity index (χ0) is 19.3. The molecular formula is C19H19BrCl2O4. The van der Waals surface area contributed by atoms with Crippen molar-refractivity contribution in [2.45, 2.75) is 32.8 Å². The van der Waals surface area contributed by atoms with E-state index in [2.05, 4.69) is 15.9 Å². The number of hydrogen-bond donors (Lipinski definition) is 1. The highest BCUT2D eigenvalue weighted by Gasteiger charge is 2.21. The maximum absolute atomic E-state index is 11.9. The van der Waals surface area contributed by atoms with Crippen LogP contribution >= 0.6 is 39.1 Å². The lowest BCUT2D eigenvalue weighted by Crippen LogP contribution is -2.28. The van der Waals surface area contributed by atoms with Gasteiger partial charge < -0.3 is 14.6 Å². The second-order valence-corrected chi connectivity index (χ2v) is 7.26. The minimum absolute atomic E-state index is 0.166. The van der Waals surface area contributed by atoms with Crippen LogP contribution in [0.4, 0.5) is 0 Å². The van der Waals surface area contributed by atoms with Gasteiger partial charge in [-0.2, -0.15) is 0 Å². The molecule has 0 amide bonds. The molecule has 2 rings (SSSR count). The Bertz CT molecular complexity index is 772. The van der Waals surface area contributed by atoms with Gasteiger partial charge in [-0.1, -0.05) is 36.2 Å². The average molecular weight is 462 g/mol. The second-order valence-electron chi connectivity index (χ2n) is 5.59. The van der Waals surface area contributed by atoms with Crippen LogP contribution in [0.15, 0.2) is 34.8 Å². The van der Waals surface area contributed by atoms with E-state index in [1.807, 2.05) is 6.92 Å². The third-order valence-electron chi connectivity index (χ3n) is 3.71. The fourth-order valence-corrected chi connectivity index (χ4v) is 3.41. The van der Waals surface area contributed by atoms with E-state index in [9.17, 15) is 9.90 Å². The quantitative estimate of drug-likeness (QED) is 0.531. The smallest absolute Gasteiger partial charge is 0.347 e. The summed E-state index contributed by atoms with van der Waals surface area (Å²) in [5.41, 5.74) is 1.67. The van der Waals surface area contributed by atoms with Crippen LogP contribution < -0.4 is 4.74 Å². The molecule has 1 unspecified atom stereocenters. The molecule has 7 heteroatoms. The minimum atomic E-state index is -0.707. The van der Waals surface area contributed by atoms with Gasteiger partial charge in [-0.25, -0.2) is 4.79 Å². The molecule has 2 aromatic carbocycles. The van der Waals surface area contributed by atoms with Crippen LogP contribution in [0.3, 0.4) is 0 Å². The number of esters is 1. The number of carbonyl (C=O) groups excluding carboxylic acids is 1. The van der Waals surface area contributed by atoms with Crippen molar-refractivity contribution in [1.29, 1.82) is 0 Å². The van der Waals surface area contributed by atoms with E-state index in [-0.39, 0.29) is 5.75 Å². The Morgan fingerprint density at radius 3 is 2.38 bits per heavy atom. The summed E-state index contributed by atoms with van der Waals surface area (Å²) in [7, 11) is 0. The van der Waals surface area contributed by atoms with E-state index in [0.29, 0.717) is 39.7 Å². The summed E-state index contributed by atoms with van der Waals surface area (Å²) in [6.07, 6.45) is 0.254. The summed E-state index contributed by atoms with van der Waals surface area (Å²) in [5.74, 6) is 0.162. The lowest BCUT2D eigenvalue weighted by molar-refractivity contribution is -0.151. The zero-order valence-corrected chi connectivity index (χ0v) is 17.5. The molecule has 0 aliphatic rings. The Hall–Kier alpha value is -1.43. The Balaban J connectivity index is 2.21. The minimum Gasteiger partial charge on any atom is -0.507 e. The maximum Gasteiger partial charge on any atom is 0.347 e. The van der Waals surface area contributed by atoms with E-state index in [1.54, 1.807) is 37.3 Å². The molecule has 0 bridgehead atoms. The molecule has 1 atom stereocenters. The van der Waals surface area contributed by atoms with Gasteiger partial charge in [-0.15, -0.1) is 0 Å². The van der Waals surface area contributed by atoms with Crippen molar-refractivity contribution in [3.63, 3.8) is 0 Å². The van der Waals surface area contributed by atoms with Gasteiger partial charge in [0.2, 0.25) is 0 Å². The lowest BCUT2D eigenvalue weighted by Gasteiger charge is -2.17. The predicted octanol–water partition coefficient (Wildman–Crippen LogP) is 5.77. The molecule has 0 aromatic heterocycles. The number of benzene rings is 2. The van der Waals surface area contributed by atoms with Crippen LogP contribution in [0.2, 0.25) is 10.0 Å². The van der Waals surface area contributed by atoms with E-state index in [1.165, 1.54) is 0 Å². The van der Waals surface area contributed by atoms with Gasteiger partial charge >= 0.3 is 5.97 Å². The molecule has 26 heavy (non-hydrogen) atoms. The van der Waals surface area contributed by atoms with Gasteiger partial charge in [0, 0.05) is 16.5 Å². The monoisotopic (exact) mass is 460 g/mol. The molecule has 0 saturated heterocycles. The first-order chi connectivity index (χ1) is 12.3. The predicted molar refractivity (Wildman–Crippen MR) is 106 cm³/mol. The summed E-state index contributed by atoms with van der Waals surface area (Å²) >= 11 is 16.1. The highest BCUT2D eigenvalue weighted by atomic mass is 79.9. The highest BCUT2D eigenvalue weighted by Crippen LogP contribution is 2.34. The van der Waals surface area contributed by atoms with Crippen molar-refractivity contribution in [2.75, 3.05) is 6.61 Å². The van der Waals surface area contributed by atoms with Crippen LogP contribution in [0.25, 0.3) is 0 Å². The second kappa shape index (κ2) is 9.49. The lowest BCUT2D eigenvalue weighted by atomic mass is 10.0. The summed E-state index contributed by atoms with van der Waals surface area (Å²) in [6.45, 7) is 3.87. The number of ether oxygens (including phenoxy) is 2. The summed E-state index contributed by atoms with van der Waals surface area (Å²) in [6, 6.07) is 8.48. The van der Waals surface area contributed by atoms with Crippen molar-refractivity contribution in [1.82, 2.24) is 0 Å².